The van der Waals surface area contributed by atoms with Gasteiger partial charge in [0.15, 0.2) is 0 Å². The van der Waals surface area contributed by atoms with Gasteiger partial charge in [-0.25, -0.2) is 0 Å². The molecule has 1 unspecified atom stereocenters. The lowest BCUT2D eigenvalue weighted by atomic mass is 9.98. The molecule has 1 rings (SSSR count). The van der Waals surface area contributed by atoms with Crippen LogP contribution in [0.5, 0.6) is 0 Å². The SMILES string of the molecule is CC(C)(C)OCCN1CCCC(C(N)=O)C1. The molecule has 0 bridgehead atoms. The summed E-state index contributed by atoms with van der Waals surface area (Å²) in [5.74, 6) is -0.134. The van der Waals surface area contributed by atoms with Crippen LogP contribution in [0.1, 0.15) is 33.6 Å². The Bertz CT molecular complexity index is 236. The number of primary amides is 1. The molecular weight excluding hydrogens is 204 g/mol. The van der Waals surface area contributed by atoms with Crippen molar-refractivity contribution in [2.45, 2.75) is 39.2 Å². The lowest BCUT2D eigenvalue weighted by molar-refractivity contribution is -0.123. The van der Waals surface area contributed by atoms with Crippen LogP contribution >= 0.6 is 0 Å². The van der Waals surface area contributed by atoms with E-state index in [-0.39, 0.29) is 17.4 Å². The molecule has 0 aromatic carbocycles. The molecule has 0 saturated carbocycles. The van der Waals surface area contributed by atoms with E-state index in [1.807, 2.05) is 0 Å². The van der Waals surface area contributed by atoms with Crippen molar-refractivity contribution in [1.29, 1.82) is 0 Å². The van der Waals surface area contributed by atoms with Crippen LogP contribution in [0.25, 0.3) is 0 Å². The van der Waals surface area contributed by atoms with Gasteiger partial charge in [-0.15, -0.1) is 0 Å². The molecule has 4 heteroatoms. The van der Waals surface area contributed by atoms with Crippen molar-refractivity contribution in [2.75, 3.05) is 26.2 Å². The Balaban J connectivity index is 2.24. The number of rotatable bonds is 4. The van der Waals surface area contributed by atoms with E-state index in [1.54, 1.807) is 0 Å². The summed E-state index contributed by atoms with van der Waals surface area (Å²) in [5, 5.41) is 0. The van der Waals surface area contributed by atoms with Crippen LogP contribution in [0.4, 0.5) is 0 Å². The molecule has 1 atom stereocenters. The predicted molar refractivity (Wildman–Crippen MR) is 64.1 cm³/mol. The van der Waals surface area contributed by atoms with Crippen LogP contribution in [0.15, 0.2) is 0 Å². The molecule has 94 valence electrons. The van der Waals surface area contributed by atoms with Crippen molar-refractivity contribution in [3.8, 4) is 0 Å². The minimum Gasteiger partial charge on any atom is -0.375 e. The molecule has 0 radical (unpaired) electrons. The van der Waals surface area contributed by atoms with Crippen molar-refractivity contribution >= 4 is 5.91 Å². The Morgan fingerprint density at radius 3 is 2.75 bits per heavy atom. The van der Waals surface area contributed by atoms with Crippen LogP contribution in [-0.4, -0.2) is 42.6 Å². The lowest BCUT2D eigenvalue weighted by Crippen LogP contribution is -2.42. The van der Waals surface area contributed by atoms with Gasteiger partial charge in [0.1, 0.15) is 0 Å². The maximum atomic E-state index is 11.1. The minimum absolute atomic E-state index is 0.0309. The smallest absolute Gasteiger partial charge is 0.221 e. The zero-order valence-electron chi connectivity index (χ0n) is 10.7. The highest BCUT2D eigenvalue weighted by Crippen LogP contribution is 2.16. The van der Waals surface area contributed by atoms with E-state index in [9.17, 15) is 4.79 Å². The number of carbonyl (C=O) groups excluding carboxylic acids is 1. The van der Waals surface area contributed by atoms with Crippen molar-refractivity contribution in [3.05, 3.63) is 0 Å². The number of hydrogen-bond donors (Lipinski definition) is 1. The van der Waals surface area contributed by atoms with Crippen LogP contribution in [0.3, 0.4) is 0 Å². The second kappa shape index (κ2) is 5.64. The monoisotopic (exact) mass is 228 g/mol. The number of likely N-dealkylation sites (tertiary alicyclic amines) is 1. The fraction of sp³-hybridized carbons (Fsp3) is 0.917. The molecule has 1 amide bonds. The summed E-state index contributed by atoms with van der Waals surface area (Å²) < 4.78 is 5.67. The number of nitrogens with zero attached hydrogens (tertiary/aromatic N) is 1. The summed E-state index contributed by atoms with van der Waals surface area (Å²) in [6, 6.07) is 0. The minimum atomic E-state index is -0.165. The first-order chi connectivity index (χ1) is 7.38. The fourth-order valence-corrected chi connectivity index (χ4v) is 1.97. The summed E-state index contributed by atoms with van der Waals surface area (Å²) in [6.45, 7) is 9.61. The Kier molecular flexibility index (Phi) is 4.74. The molecule has 4 nitrogen and oxygen atoms in total. The number of hydrogen-bond acceptors (Lipinski definition) is 3. The van der Waals surface area contributed by atoms with Crippen molar-refractivity contribution < 1.29 is 9.53 Å². The fourth-order valence-electron chi connectivity index (χ4n) is 1.97. The molecule has 2 N–H and O–H groups in total. The van der Waals surface area contributed by atoms with Gasteiger partial charge in [-0.2, -0.15) is 0 Å². The van der Waals surface area contributed by atoms with Crippen molar-refractivity contribution in [2.24, 2.45) is 11.7 Å². The Hall–Kier alpha value is -0.610. The van der Waals surface area contributed by atoms with Gasteiger partial charge in [-0.3, -0.25) is 4.79 Å². The number of amides is 1. The molecule has 1 fully saturated rings. The zero-order chi connectivity index (χ0) is 12.2. The second-order valence-electron chi connectivity index (χ2n) is 5.50. The van der Waals surface area contributed by atoms with Crippen LogP contribution in [0, 0.1) is 5.92 Å². The molecule has 0 aromatic heterocycles. The molecule has 0 aromatic rings. The quantitative estimate of drug-likeness (QED) is 0.781. The molecule has 1 aliphatic heterocycles. The molecule has 1 heterocycles. The summed E-state index contributed by atoms with van der Waals surface area (Å²) in [7, 11) is 0. The van der Waals surface area contributed by atoms with Gasteiger partial charge in [0.25, 0.3) is 0 Å². The van der Waals surface area contributed by atoms with E-state index < -0.39 is 0 Å². The first kappa shape index (κ1) is 13.5. The van der Waals surface area contributed by atoms with Gasteiger partial charge in [0.05, 0.1) is 18.1 Å². The third kappa shape index (κ3) is 4.94. The summed E-state index contributed by atoms with van der Waals surface area (Å²) >= 11 is 0. The normalized spacial score (nSPS) is 23.3. The van der Waals surface area contributed by atoms with E-state index >= 15 is 0 Å². The average Bonchev–Trinajstić information content (AvgIpc) is 2.16. The van der Waals surface area contributed by atoms with Crippen molar-refractivity contribution in [3.63, 3.8) is 0 Å². The van der Waals surface area contributed by atoms with Gasteiger partial charge in [-0.05, 0) is 40.2 Å². The highest BCUT2D eigenvalue weighted by atomic mass is 16.5. The summed E-state index contributed by atoms with van der Waals surface area (Å²) in [6.07, 6.45) is 2.00. The third-order valence-electron chi connectivity index (χ3n) is 2.85. The molecule has 0 aliphatic carbocycles. The molecule has 16 heavy (non-hydrogen) atoms. The van der Waals surface area contributed by atoms with Gasteiger partial charge in [0.2, 0.25) is 5.91 Å². The largest absolute Gasteiger partial charge is 0.375 e. The standard InChI is InChI=1S/C12H24N2O2/c1-12(2,3)16-8-7-14-6-4-5-10(9-14)11(13)15/h10H,4-9H2,1-3H3,(H2,13,15). The van der Waals surface area contributed by atoms with E-state index in [4.69, 9.17) is 10.5 Å². The molecule has 1 saturated heterocycles. The highest BCUT2D eigenvalue weighted by molar-refractivity contribution is 5.76. The average molecular weight is 228 g/mol. The van der Waals surface area contributed by atoms with Crippen LogP contribution in [0.2, 0.25) is 0 Å². The number of carbonyl (C=O) groups is 1. The van der Waals surface area contributed by atoms with E-state index in [0.29, 0.717) is 0 Å². The third-order valence-corrected chi connectivity index (χ3v) is 2.85. The maximum Gasteiger partial charge on any atom is 0.221 e. The van der Waals surface area contributed by atoms with E-state index in [1.165, 1.54) is 0 Å². The molecule has 1 aliphatic rings. The van der Waals surface area contributed by atoms with E-state index in [2.05, 4.69) is 25.7 Å². The van der Waals surface area contributed by atoms with E-state index in [0.717, 1.165) is 39.1 Å². The van der Waals surface area contributed by atoms with Crippen molar-refractivity contribution in [1.82, 2.24) is 4.90 Å². The Labute approximate surface area is 98.1 Å². The number of piperidine rings is 1. The predicted octanol–water partition coefficient (Wildman–Crippen LogP) is 0.999. The lowest BCUT2D eigenvalue weighted by Gasteiger charge is -2.31. The van der Waals surface area contributed by atoms with Gasteiger partial charge >= 0.3 is 0 Å². The highest BCUT2D eigenvalue weighted by Gasteiger charge is 2.23. The van der Waals surface area contributed by atoms with Crippen LogP contribution in [-0.2, 0) is 9.53 Å². The number of ether oxygens (including phenoxy) is 1. The molecular formula is C12H24N2O2. The molecule has 0 spiro atoms. The maximum absolute atomic E-state index is 11.1. The Morgan fingerprint density at radius 2 is 2.19 bits per heavy atom. The summed E-state index contributed by atoms with van der Waals surface area (Å²) in [4.78, 5) is 13.4. The number of nitrogens with two attached hydrogens (primary N) is 1. The first-order valence-corrected chi connectivity index (χ1v) is 6.04. The van der Waals surface area contributed by atoms with Gasteiger partial charge in [0, 0.05) is 13.1 Å². The Morgan fingerprint density at radius 1 is 1.50 bits per heavy atom. The zero-order valence-corrected chi connectivity index (χ0v) is 10.7. The summed E-state index contributed by atoms with van der Waals surface area (Å²) in [5.41, 5.74) is 5.25. The second-order valence-corrected chi connectivity index (χ2v) is 5.50. The van der Waals surface area contributed by atoms with Gasteiger partial charge in [-0.1, -0.05) is 0 Å². The first-order valence-electron chi connectivity index (χ1n) is 6.04. The topological polar surface area (TPSA) is 55.6 Å². The van der Waals surface area contributed by atoms with Gasteiger partial charge < -0.3 is 15.4 Å². The van der Waals surface area contributed by atoms with Crippen LogP contribution < -0.4 is 5.73 Å².